The van der Waals surface area contributed by atoms with Gasteiger partial charge in [-0.2, -0.15) is 0 Å². The summed E-state index contributed by atoms with van der Waals surface area (Å²) in [6.45, 7) is 3.53. The van der Waals surface area contributed by atoms with E-state index in [1.165, 1.54) is 0 Å². The lowest BCUT2D eigenvalue weighted by molar-refractivity contribution is 0.0714. The maximum absolute atomic E-state index is 12.5. The zero-order chi connectivity index (χ0) is 21.5. The van der Waals surface area contributed by atoms with Crippen LogP contribution in [-0.4, -0.2) is 25.7 Å². The number of aryl methyl sites for hydroxylation is 1. The Hall–Kier alpha value is -2.67. The van der Waals surface area contributed by atoms with Gasteiger partial charge in [-0.1, -0.05) is 23.2 Å². The van der Waals surface area contributed by atoms with Gasteiger partial charge in [-0.25, -0.2) is 4.98 Å². The van der Waals surface area contributed by atoms with Crippen LogP contribution in [0.4, 0.5) is 11.5 Å². The first-order valence-corrected chi connectivity index (χ1v) is 10.2. The average Bonchev–Trinajstić information content (AvgIpc) is 2.68. The summed E-state index contributed by atoms with van der Waals surface area (Å²) in [5.74, 6) is 0.475. The lowest BCUT2D eigenvalue weighted by Gasteiger charge is -2.18. The van der Waals surface area contributed by atoms with Crippen molar-refractivity contribution in [2.24, 2.45) is 0 Å². The minimum absolute atomic E-state index is 0.227. The molecule has 8 heteroatoms. The van der Waals surface area contributed by atoms with Crippen LogP contribution in [0.3, 0.4) is 0 Å². The summed E-state index contributed by atoms with van der Waals surface area (Å²) in [5, 5.41) is 15.8. The van der Waals surface area contributed by atoms with Crippen molar-refractivity contribution in [2.45, 2.75) is 32.3 Å². The van der Waals surface area contributed by atoms with Gasteiger partial charge in [0.25, 0.3) is 5.56 Å². The number of hydrogen-bond donors (Lipinski definition) is 3. The second-order valence-electron chi connectivity index (χ2n) is 7.82. The molecule has 3 N–H and O–H groups in total. The lowest BCUT2D eigenvalue weighted by atomic mass is 9.99. The van der Waals surface area contributed by atoms with Crippen LogP contribution in [-0.2, 0) is 6.42 Å². The number of aliphatic hydroxyl groups is 1. The SMILES string of the molecule is CC(C)(O)CCc1cc(Cl)c(Nc2nc3ccncc3c3c(=O)[nH]ccc23)c(Cl)c1. The second kappa shape index (κ2) is 7.87. The maximum atomic E-state index is 12.5. The van der Waals surface area contributed by atoms with Gasteiger partial charge in [0, 0.05) is 29.4 Å². The smallest absolute Gasteiger partial charge is 0.256 e. The first-order chi connectivity index (χ1) is 14.2. The predicted molar refractivity (Wildman–Crippen MR) is 122 cm³/mol. The van der Waals surface area contributed by atoms with E-state index < -0.39 is 5.60 Å². The number of benzene rings is 1. The van der Waals surface area contributed by atoms with Crippen LogP contribution in [0.2, 0.25) is 10.0 Å². The Kier molecular flexibility index (Phi) is 5.40. The fourth-order valence-corrected chi connectivity index (χ4v) is 3.98. The summed E-state index contributed by atoms with van der Waals surface area (Å²) in [7, 11) is 0. The van der Waals surface area contributed by atoms with E-state index >= 15 is 0 Å². The van der Waals surface area contributed by atoms with Gasteiger partial charge in [-0.3, -0.25) is 9.78 Å². The summed E-state index contributed by atoms with van der Waals surface area (Å²) in [6.07, 6.45) is 6.05. The normalized spacial score (nSPS) is 11.9. The molecule has 0 saturated heterocycles. The molecule has 0 aliphatic carbocycles. The summed E-state index contributed by atoms with van der Waals surface area (Å²) in [5.41, 5.74) is 1.07. The average molecular weight is 443 g/mol. The van der Waals surface area contributed by atoms with E-state index in [0.717, 1.165) is 5.56 Å². The standard InChI is InChI=1S/C22H20Cl2N4O2/c1-22(2,30)6-3-12-9-15(23)19(16(24)10-12)28-20-13-4-8-26-21(29)18(13)14-11-25-7-5-17(14)27-20/h4-5,7-11,30H,3,6H2,1-2H3,(H,26,29)(H,27,28). The van der Waals surface area contributed by atoms with Crippen LogP contribution in [0, 0.1) is 0 Å². The fraction of sp³-hybridized carbons (Fsp3) is 0.227. The molecular formula is C22H20Cl2N4O2. The summed E-state index contributed by atoms with van der Waals surface area (Å²) < 4.78 is 0. The number of pyridine rings is 3. The molecular weight excluding hydrogens is 423 g/mol. The molecule has 0 radical (unpaired) electrons. The summed E-state index contributed by atoms with van der Waals surface area (Å²) in [4.78, 5) is 24.0. The van der Waals surface area contributed by atoms with E-state index in [1.807, 2.05) is 12.1 Å². The Balaban J connectivity index is 1.79. The molecule has 0 saturated carbocycles. The van der Waals surface area contributed by atoms with Crippen LogP contribution < -0.4 is 10.9 Å². The third kappa shape index (κ3) is 4.12. The molecule has 1 aromatic carbocycles. The number of nitrogens with one attached hydrogen (secondary N) is 2. The Bertz CT molecular complexity index is 1290. The first-order valence-electron chi connectivity index (χ1n) is 9.45. The van der Waals surface area contributed by atoms with Crippen molar-refractivity contribution in [3.05, 3.63) is 68.8 Å². The van der Waals surface area contributed by atoms with E-state index in [4.69, 9.17) is 23.2 Å². The minimum Gasteiger partial charge on any atom is -0.390 e. The molecule has 4 rings (SSSR count). The van der Waals surface area contributed by atoms with Crippen LogP contribution in [0.5, 0.6) is 0 Å². The highest BCUT2D eigenvalue weighted by molar-refractivity contribution is 6.39. The minimum atomic E-state index is -0.772. The molecule has 6 nitrogen and oxygen atoms in total. The van der Waals surface area contributed by atoms with Gasteiger partial charge >= 0.3 is 0 Å². The molecule has 0 atom stereocenters. The van der Waals surface area contributed by atoms with Gasteiger partial charge in [-0.15, -0.1) is 0 Å². The molecule has 3 heterocycles. The molecule has 0 bridgehead atoms. The molecule has 3 aromatic heterocycles. The lowest BCUT2D eigenvalue weighted by Crippen LogP contribution is -2.19. The van der Waals surface area contributed by atoms with Crippen LogP contribution in [0.1, 0.15) is 25.8 Å². The van der Waals surface area contributed by atoms with E-state index in [9.17, 15) is 9.90 Å². The van der Waals surface area contributed by atoms with Gasteiger partial charge < -0.3 is 15.4 Å². The number of aromatic amines is 1. The number of anilines is 2. The number of rotatable bonds is 5. The zero-order valence-corrected chi connectivity index (χ0v) is 18.0. The number of halogens is 2. The van der Waals surface area contributed by atoms with E-state index in [2.05, 4.69) is 20.3 Å². The van der Waals surface area contributed by atoms with E-state index in [-0.39, 0.29) is 5.56 Å². The number of H-pyrrole nitrogens is 1. The molecule has 30 heavy (non-hydrogen) atoms. The number of aromatic nitrogens is 3. The third-order valence-electron chi connectivity index (χ3n) is 4.89. The fourth-order valence-electron chi connectivity index (χ4n) is 3.35. The molecule has 4 aromatic rings. The van der Waals surface area contributed by atoms with Gasteiger partial charge in [-0.05, 0) is 56.5 Å². The Morgan fingerprint density at radius 1 is 1.17 bits per heavy atom. The van der Waals surface area contributed by atoms with Gasteiger partial charge in [0.15, 0.2) is 0 Å². The van der Waals surface area contributed by atoms with Crippen molar-refractivity contribution in [3.8, 4) is 0 Å². The maximum Gasteiger partial charge on any atom is 0.256 e. The topological polar surface area (TPSA) is 90.9 Å². The highest BCUT2D eigenvalue weighted by atomic mass is 35.5. The molecule has 0 unspecified atom stereocenters. The van der Waals surface area contributed by atoms with Crippen molar-refractivity contribution >= 4 is 56.4 Å². The Morgan fingerprint density at radius 3 is 2.60 bits per heavy atom. The summed E-state index contributed by atoms with van der Waals surface area (Å²) in [6, 6.07) is 7.16. The van der Waals surface area contributed by atoms with Gasteiger partial charge in [0.1, 0.15) is 5.82 Å². The predicted octanol–water partition coefficient (Wildman–Crippen LogP) is 5.23. The molecule has 0 aliphatic rings. The summed E-state index contributed by atoms with van der Waals surface area (Å²) >= 11 is 13.0. The monoisotopic (exact) mass is 442 g/mol. The zero-order valence-electron chi connectivity index (χ0n) is 16.5. The Morgan fingerprint density at radius 2 is 1.90 bits per heavy atom. The number of hydrogen-bond acceptors (Lipinski definition) is 5. The van der Waals surface area contributed by atoms with Crippen molar-refractivity contribution < 1.29 is 5.11 Å². The second-order valence-corrected chi connectivity index (χ2v) is 8.64. The molecule has 0 aliphatic heterocycles. The van der Waals surface area contributed by atoms with Crippen molar-refractivity contribution in [1.29, 1.82) is 0 Å². The van der Waals surface area contributed by atoms with Crippen LogP contribution in [0.25, 0.3) is 21.7 Å². The number of fused-ring (bicyclic) bond motifs is 3. The molecule has 0 fully saturated rings. The third-order valence-corrected chi connectivity index (χ3v) is 5.48. The Labute approximate surface area is 182 Å². The van der Waals surface area contributed by atoms with Crippen LogP contribution in [0.15, 0.2) is 47.7 Å². The highest BCUT2D eigenvalue weighted by Crippen LogP contribution is 2.37. The van der Waals surface area contributed by atoms with Crippen molar-refractivity contribution in [3.63, 3.8) is 0 Å². The van der Waals surface area contributed by atoms with Crippen LogP contribution >= 0.6 is 23.2 Å². The van der Waals surface area contributed by atoms with E-state index in [1.54, 1.807) is 44.6 Å². The first kappa shape index (κ1) is 20.6. The van der Waals surface area contributed by atoms with E-state index in [0.29, 0.717) is 56.1 Å². The molecule has 0 amide bonds. The van der Waals surface area contributed by atoms with Gasteiger partial charge in [0.05, 0.1) is 32.2 Å². The largest absolute Gasteiger partial charge is 0.390 e. The molecule has 154 valence electrons. The van der Waals surface area contributed by atoms with Crippen molar-refractivity contribution in [1.82, 2.24) is 15.0 Å². The van der Waals surface area contributed by atoms with Gasteiger partial charge in [0.2, 0.25) is 0 Å². The molecule has 0 spiro atoms. The number of nitrogens with zero attached hydrogens (tertiary/aromatic N) is 2. The quantitative estimate of drug-likeness (QED) is 0.368. The highest BCUT2D eigenvalue weighted by Gasteiger charge is 2.17. The van der Waals surface area contributed by atoms with Crippen molar-refractivity contribution in [2.75, 3.05) is 5.32 Å².